The lowest BCUT2D eigenvalue weighted by Crippen LogP contribution is -2.34. The van der Waals surface area contributed by atoms with Crippen LogP contribution in [0.1, 0.15) is 45.7 Å². The van der Waals surface area contributed by atoms with Crippen molar-refractivity contribution in [3.05, 3.63) is 29.8 Å². The predicted octanol–water partition coefficient (Wildman–Crippen LogP) is 4.77. The third-order valence-corrected chi connectivity index (χ3v) is 3.24. The molecule has 1 atom stereocenters. The molecule has 5 heteroatoms. The number of ether oxygens (including phenoxy) is 1. The molecule has 1 aromatic carbocycles. The Balaban J connectivity index is 2.81. The lowest BCUT2D eigenvalue weighted by Gasteiger charge is -2.32. The summed E-state index contributed by atoms with van der Waals surface area (Å²) in [6.45, 7) is 9.37. The number of nitrogens with zero attached hydrogens (tertiary/aromatic N) is 1. The van der Waals surface area contributed by atoms with Crippen molar-refractivity contribution < 1.29 is 17.9 Å². The highest BCUT2D eigenvalue weighted by atomic mass is 19.4. The van der Waals surface area contributed by atoms with Crippen molar-refractivity contribution in [1.82, 2.24) is 4.90 Å². The van der Waals surface area contributed by atoms with Crippen molar-refractivity contribution >= 4 is 0 Å². The summed E-state index contributed by atoms with van der Waals surface area (Å²) in [7, 11) is 0. The molecule has 2 nitrogen and oxygen atoms in total. The number of alkyl halides is 3. The maximum absolute atomic E-state index is 12.1. The molecule has 1 rings (SSSR count). The van der Waals surface area contributed by atoms with Crippen molar-refractivity contribution in [3.8, 4) is 5.75 Å². The minimum atomic E-state index is -4.64. The Labute approximate surface area is 118 Å². The van der Waals surface area contributed by atoms with E-state index in [4.69, 9.17) is 0 Å². The van der Waals surface area contributed by atoms with Gasteiger partial charge in [0, 0.05) is 12.1 Å². The van der Waals surface area contributed by atoms with E-state index in [1.165, 1.54) is 12.1 Å². The van der Waals surface area contributed by atoms with Gasteiger partial charge in [0.2, 0.25) is 0 Å². The molecule has 0 aliphatic heterocycles. The van der Waals surface area contributed by atoms with Crippen molar-refractivity contribution in [2.75, 3.05) is 6.54 Å². The van der Waals surface area contributed by atoms with E-state index < -0.39 is 6.36 Å². The first-order chi connectivity index (χ1) is 9.24. The molecule has 0 amide bonds. The number of halogens is 3. The predicted molar refractivity (Wildman–Crippen MR) is 73.7 cm³/mol. The fourth-order valence-electron chi connectivity index (χ4n) is 2.30. The Morgan fingerprint density at radius 1 is 1.10 bits per heavy atom. The normalized spacial score (nSPS) is 13.8. The van der Waals surface area contributed by atoms with Crippen LogP contribution in [-0.2, 0) is 0 Å². The van der Waals surface area contributed by atoms with Crippen molar-refractivity contribution in [2.24, 2.45) is 0 Å². The molecule has 0 saturated carbocycles. The van der Waals surface area contributed by atoms with Gasteiger partial charge in [0.05, 0.1) is 0 Å². The van der Waals surface area contributed by atoms with Gasteiger partial charge < -0.3 is 4.74 Å². The first kappa shape index (κ1) is 16.8. The van der Waals surface area contributed by atoms with Gasteiger partial charge in [-0.2, -0.15) is 0 Å². The van der Waals surface area contributed by atoms with Crippen LogP contribution in [0, 0.1) is 0 Å². The fourth-order valence-corrected chi connectivity index (χ4v) is 2.30. The number of benzene rings is 1. The number of rotatable bonds is 6. The summed E-state index contributed by atoms with van der Waals surface area (Å²) in [4.78, 5) is 2.32. The molecule has 0 bridgehead atoms. The van der Waals surface area contributed by atoms with Crippen LogP contribution in [0.15, 0.2) is 24.3 Å². The molecule has 0 aliphatic rings. The van der Waals surface area contributed by atoms with Gasteiger partial charge in [0.15, 0.2) is 0 Å². The summed E-state index contributed by atoms with van der Waals surface area (Å²) in [6, 6.07) is 6.66. The Hall–Kier alpha value is -1.23. The summed E-state index contributed by atoms with van der Waals surface area (Å²) >= 11 is 0. The lowest BCUT2D eigenvalue weighted by molar-refractivity contribution is -0.274. The lowest BCUT2D eigenvalue weighted by atomic mass is 10.0. The minimum Gasteiger partial charge on any atom is -0.406 e. The van der Waals surface area contributed by atoms with Crippen LogP contribution in [0.3, 0.4) is 0 Å². The average Bonchev–Trinajstić information content (AvgIpc) is 2.33. The van der Waals surface area contributed by atoms with E-state index >= 15 is 0 Å². The maximum Gasteiger partial charge on any atom is 0.573 e. The van der Waals surface area contributed by atoms with E-state index in [0.29, 0.717) is 6.04 Å². The second kappa shape index (κ2) is 6.97. The van der Waals surface area contributed by atoms with Gasteiger partial charge in [-0.25, -0.2) is 0 Å². The number of hydrogen-bond donors (Lipinski definition) is 0. The van der Waals surface area contributed by atoms with Crippen molar-refractivity contribution in [3.63, 3.8) is 0 Å². The summed E-state index contributed by atoms with van der Waals surface area (Å²) in [5, 5.41) is 0. The van der Waals surface area contributed by atoms with E-state index in [1.807, 2.05) is 0 Å². The highest BCUT2D eigenvalue weighted by molar-refractivity contribution is 5.29. The molecule has 0 aromatic heterocycles. The van der Waals surface area contributed by atoms with E-state index in [9.17, 15) is 13.2 Å². The molecular formula is C15H22F3NO. The second-order valence-corrected chi connectivity index (χ2v) is 5.12. The molecule has 0 radical (unpaired) electrons. The highest BCUT2D eigenvalue weighted by Gasteiger charge is 2.31. The SMILES string of the molecule is CCCN(C(C)C)C(C)c1ccc(OC(F)(F)F)cc1. The molecule has 20 heavy (non-hydrogen) atoms. The third-order valence-electron chi connectivity index (χ3n) is 3.24. The zero-order valence-electron chi connectivity index (χ0n) is 12.4. The smallest absolute Gasteiger partial charge is 0.406 e. The van der Waals surface area contributed by atoms with Crippen LogP contribution in [0.2, 0.25) is 0 Å². The third kappa shape index (κ3) is 5.04. The molecule has 1 aromatic rings. The Bertz CT molecular complexity index is 401. The number of hydrogen-bond acceptors (Lipinski definition) is 2. The van der Waals surface area contributed by atoms with Crippen LogP contribution in [0.25, 0.3) is 0 Å². The maximum atomic E-state index is 12.1. The average molecular weight is 289 g/mol. The monoisotopic (exact) mass is 289 g/mol. The van der Waals surface area contributed by atoms with E-state index in [1.54, 1.807) is 12.1 Å². The minimum absolute atomic E-state index is 0.162. The molecule has 0 saturated heterocycles. The summed E-state index contributed by atoms with van der Waals surface area (Å²) in [5.41, 5.74) is 0.988. The van der Waals surface area contributed by atoms with Gasteiger partial charge in [0.25, 0.3) is 0 Å². The van der Waals surface area contributed by atoms with Gasteiger partial charge in [-0.3, -0.25) is 4.90 Å². The molecule has 0 aliphatic carbocycles. The Morgan fingerprint density at radius 2 is 1.65 bits per heavy atom. The van der Waals surface area contributed by atoms with E-state index in [-0.39, 0.29) is 11.8 Å². The zero-order chi connectivity index (χ0) is 15.3. The van der Waals surface area contributed by atoms with E-state index in [0.717, 1.165) is 18.5 Å². The Kier molecular flexibility index (Phi) is 5.87. The fraction of sp³-hybridized carbons (Fsp3) is 0.600. The Morgan fingerprint density at radius 3 is 2.05 bits per heavy atom. The molecular weight excluding hydrogens is 267 g/mol. The summed E-state index contributed by atoms with van der Waals surface area (Å²) in [6.07, 6.45) is -3.60. The zero-order valence-corrected chi connectivity index (χ0v) is 12.4. The van der Waals surface area contributed by atoms with Crippen molar-refractivity contribution in [1.29, 1.82) is 0 Å². The quantitative estimate of drug-likeness (QED) is 0.748. The van der Waals surface area contributed by atoms with Crippen LogP contribution in [0.5, 0.6) is 5.75 Å². The van der Waals surface area contributed by atoms with Crippen LogP contribution in [-0.4, -0.2) is 23.8 Å². The first-order valence-corrected chi connectivity index (χ1v) is 6.86. The molecule has 114 valence electrons. The van der Waals surface area contributed by atoms with Crippen LogP contribution < -0.4 is 4.74 Å². The van der Waals surface area contributed by atoms with E-state index in [2.05, 4.69) is 37.3 Å². The summed E-state index contributed by atoms with van der Waals surface area (Å²) in [5.74, 6) is -0.181. The van der Waals surface area contributed by atoms with Crippen molar-refractivity contribution in [2.45, 2.75) is 52.6 Å². The van der Waals surface area contributed by atoms with Gasteiger partial charge >= 0.3 is 6.36 Å². The van der Waals surface area contributed by atoms with Crippen LogP contribution in [0.4, 0.5) is 13.2 Å². The second-order valence-electron chi connectivity index (χ2n) is 5.12. The van der Waals surface area contributed by atoms with Gasteiger partial charge in [-0.1, -0.05) is 19.1 Å². The molecule has 0 N–H and O–H groups in total. The van der Waals surface area contributed by atoms with Gasteiger partial charge in [-0.15, -0.1) is 13.2 Å². The molecule has 1 unspecified atom stereocenters. The topological polar surface area (TPSA) is 12.5 Å². The highest BCUT2D eigenvalue weighted by Crippen LogP contribution is 2.27. The van der Waals surface area contributed by atoms with Crippen LogP contribution >= 0.6 is 0 Å². The first-order valence-electron chi connectivity index (χ1n) is 6.86. The van der Waals surface area contributed by atoms with Gasteiger partial charge in [0.1, 0.15) is 5.75 Å². The largest absolute Gasteiger partial charge is 0.573 e. The standard InChI is InChI=1S/C15H22F3NO/c1-5-10-19(11(2)3)12(4)13-6-8-14(9-7-13)20-15(16,17)18/h6-9,11-12H,5,10H2,1-4H3. The van der Waals surface area contributed by atoms with Gasteiger partial charge in [-0.05, 0) is 51.4 Å². The molecule has 0 fully saturated rings. The summed E-state index contributed by atoms with van der Waals surface area (Å²) < 4.78 is 40.2. The molecule has 0 spiro atoms. The molecule has 0 heterocycles.